The second kappa shape index (κ2) is 5.18. The third-order valence-electron chi connectivity index (χ3n) is 2.26. The van der Waals surface area contributed by atoms with Crippen molar-refractivity contribution in [1.29, 1.82) is 0 Å². The normalized spacial score (nSPS) is 10.3. The van der Waals surface area contributed by atoms with Gasteiger partial charge in [0.15, 0.2) is 5.75 Å². The van der Waals surface area contributed by atoms with Crippen LogP contribution in [0.2, 0.25) is 0 Å². The van der Waals surface area contributed by atoms with Crippen LogP contribution in [0.3, 0.4) is 0 Å². The van der Waals surface area contributed by atoms with Gasteiger partial charge in [-0.15, -0.1) is 0 Å². The van der Waals surface area contributed by atoms with E-state index in [0.29, 0.717) is 12.3 Å². The first-order chi connectivity index (χ1) is 8.61. The number of aromatic nitrogens is 2. The molecule has 2 aromatic rings. The summed E-state index contributed by atoms with van der Waals surface area (Å²) in [7, 11) is 0. The van der Waals surface area contributed by atoms with Crippen LogP contribution in [-0.2, 0) is 0 Å². The Labute approximate surface area is 111 Å². The third-order valence-corrected chi connectivity index (χ3v) is 2.67. The van der Waals surface area contributed by atoms with Crippen LogP contribution in [-0.4, -0.2) is 21.3 Å². The molecule has 0 aliphatic heterocycles. The fourth-order valence-electron chi connectivity index (χ4n) is 1.51. The lowest BCUT2D eigenvalue weighted by Crippen LogP contribution is -2.00. The molecule has 0 aliphatic rings. The standard InChI is InChI=1S/C11H10BrN3O3/c1-2-18-11-5-9(3-4-10(11)15(16)17)14-7-8(12)6-13-14/h3-7H,2H2,1H3. The van der Waals surface area contributed by atoms with Gasteiger partial charge in [0.1, 0.15) is 0 Å². The van der Waals surface area contributed by atoms with Gasteiger partial charge in [-0.1, -0.05) is 0 Å². The van der Waals surface area contributed by atoms with E-state index in [2.05, 4.69) is 21.0 Å². The Morgan fingerprint density at radius 3 is 2.89 bits per heavy atom. The predicted octanol–water partition coefficient (Wildman–Crippen LogP) is 2.94. The number of ether oxygens (including phenoxy) is 1. The van der Waals surface area contributed by atoms with Crippen LogP contribution in [0.15, 0.2) is 35.1 Å². The highest BCUT2D eigenvalue weighted by Crippen LogP contribution is 2.29. The summed E-state index contributed by atoms with van der Waals surface area (Å²) in [5.41, 5.74) is 0.654. The van der Waals surface area contributed by atoms with Crippen molar-refractivity contribution in [3.63, 3.8) is 0 Å². The molecule has 1 aromatic heterocycles. The first-order valence-corrected chi connectivity index (χ1v) is 6.03. The molecule has 0 amide bonds. The predicted molar refractivity (Wildman–Crippen MR) is 69.1 cm³/mol. The fourth-order valence-corrected chi connectivity index (χ4v) is 1.79. The van der Waals surface area contributed by atoms with E-state index in [1.165, 1.54) is 6.07 Å². The average molecular weight is 312 g/mol. The Morgan fingerprint density at radius 2 is 2.33 bits per heavy atom. The first-order valence-electron chi connectivity index (χ1n) is 5.23. The van der Waals surface area contributed by atoms with Crippen LogP contribution >= 0.6 is 15.9 Å². The maximum Gasteiger partial charge on any atom is 0.311 e. The van der Waals surface area contributed by atoms with Crippen LogP contribution < -0.4 is 4.74 Å². The minimum atomic E-state index is -0.465. The van der Waals surface area contributed by atoms with Crippen molar-refractivity contribution in [3.8, 4) is 11.4 Å². The van der Waals surface area contributed by atoms with E-state index >= 15 is 0 Å². The van der Waals surface area contributed by atoms with Crippen molar-refractivity contribution >= 4 is 21.6 Å². The van der Waals surface area contributed by atoms with Crippen LogP contribution in [0, 0.1) is 10.1 Å². The Balaban J connectivity index is 2.45. The summed E-state index contributed by atoms with van der Waals surface area (Å²) in [6.07, 6.45) is 3.40. The highest BCUT2D eigenvalue weighted by atomic mass is 79.9. The van der Waals surface area contributed by atoms with E-state index < -0.39 is 4.92 Å². The molecule has 0 atom stereocenters. The molecule has 7 heteroatoms. The summed E-state index contributed by atoms with van der Waals surface area (Å²) in [4.78, 5) is 10.4. The van der Waals surface area contributed by atoms with Crippen molar-refractivity contribution in [2.45, 2.75) is 6.92 Å². The number of nitrogens with zero attached hydrogens (tertiary/aromatic N) is 3. The number of nitro groups is 1. The molecule has 0 bridgehead atoms. The molecule has 6 nitrogen and oxygen atoms in total. The molecule has 1 aromatic carbocycles. The summed E-state index contributed by atoms with van der Waals surface area (Å²) >= 11 is 3.29. The Bertz CT molecular complexity index is 583. The maximum atomic E-state index is 10.8. The number of benzene rings is 1. The third kappa shape index (κ3) is 2.51. The number of hydrogen-bond acceptors (Lipinski definition) is 4. The van der Waals surface area contributed by atoms with Crippen molar-refractivity contribution in [3.05, 3.63) is 45.2 Å². The van der Waals surface area contributed by atoms with Crippen molar-refractivity contribution in [1.82, 2.24) is 9.78 Å². The minimum absolute atomic E-state index is 0.0492. The van der Waals surface area contributed by atoms with Crippen LogP contribution in [0.4, 0.5) is 5.69 Å². The zero-order valence-electron chi connectivity index (χ0n) is 9.54. The van der Waals surface area contributed by atoms with Gasteiger partial charge < -0.3 is 4.74 Å². The van der Waals surface area contributed by atoms with E-state index in [9.17, 15) is 10.1 Å². The summed E-state index contributed by atoms with van der Waals surface area (Å²) in [6, 6.07) is 4.64. The second-order valence-electron chi connectivity index (χ2n) is 3.45. The van der Waals surface area contributed by atoms with E-state index in [1.807, 2.05) is 0 Å². The van der Waals surface area contributed by atoms with Gasteiger partial charge in [-0.25, -0.2) is 4.68 Å². The van der Waals surface area contributed by atoms with Gasteiger partial charge in [0.25, 0.3) is 0 Å². The Hall–Kier alpha value is -1.89. The molecule has 2 rings (SSSR count). The Kier molecular flexibility index (Phi) is 3.61. The molecule has 0 saturated carbocycles. The minimum Gasteiger partial charge on any atom is -0.487 e. The molecule has 0 aliphatic carbocycles. The largest absolute Gasteiger partial charge is 0.487 e. The molecular weight excluding hydrogens is 302 g/mol. The van der Waals surface area contributed by atoms with Crippen LogP contribution in [0.5, 0.6) is 5.75 Å². The molecule has 1 heterocycles. The second-order valence-corrected chi connectivity index (χ2v) is 4.36. The van der Waals surface area contributed by atoms with Crippen molar-refractivity contribution in [2.75, 3.05) is 6.61 Å². The number of halogens is 1. The molecule has 18 heavy (non-hydrogen) atoms. The SMILES string of the molecule is CCOc1cc(-n2cc(Br)cn2)ccc1[N+](=O)[O-]. The zero-order chi connectivity index (χ0) is 13.1. The summed E-state index contributed by atoms with van der Waals surface area (Å²) in [5.74, 6) is 0.242. The van der Waals surface area contributed by atoms with Gasteiger partial charge in [0.2, 0.25) is 0 Å². The molecular formula is C11H10BrN3O3. The topological polar surface area (TPSA) is 70.2 Å². The van der Waals surface area contributed by atoms with E-state index in [1.54, 1.807) is 36.1 Å². The number of hydrogen-bond donors (Lipinski definition) is 0. The molecule has 0 fully saturated rings. The zero-order valence-corrected chi connectivity index (χ0v) is 11.1. The van der Waals surface area contributed by atoms with Gasteiger partial charge in [-0.05, 0) is 28.9 Å². The number of rotatable bonds is 4. The molecule has 0 N–H and O–H groups in total. The van der Waals surface area contributed by atoms with Gasteiger partial charge in [0.05, 0.1) is 27.9 Å². The monoisotopic (exact) mass is 311 g/mol. The summed E-state index contributed by atoms with van der Waals surface area (Å²) in [6.45, 7) is 2.15. The quantitative estimate of drug-likeness (QED) is 0.643. The fraction of sp³-hybridized carbons (Fsp3) is 0.182. The maximum absolute atomic E-state index is 10.8. The van der Waals surface area contributed by atoms with Gasteiger partial charge >= 0.3 is 5.69 Å². The van der Waals surface area contributed by atoms with Crippen LogP contribution in [0.1, 0.15) is 6.92 Å². The lowest BCUT2D eigenvalue weighted by atomic mass is 10.2. The molecule has 0 saturated heterocycles. The lowest BCUT2D eigenvalue weighted by molar-refractivity contribution is -0.385. The highest BCUT2D eigenvalue weighted by molar-refractivity contribution is 9.10. The summed E-state index contributed by atoms with van der Waals surface area (Å²) in [5, 5.41) is 15.0. The highest BCUT2D eigenvalue weighted by Gasteiger charge is 2.16. The van der Waals surface area contributed by atoms with Gasteiger partial charge in [0, 0.05) is 18.3 Å². The van der Waals surface area contributed by atoms with Gasteiger partial charge in [-0.2, -0.15) is 5.10 Å². The molecule has 0 spiro atoms. The van der Waals surface area contributed by atoms with E-state index in [4.69, 9.17) is 4.74 Å². The smallest absolute Gasteiger partial charge is 0.311 e. The molecule has 0 radical (unpaired) electrons. The van der Waals surface area contributed by atoms with Crippen LogP contribution in [0.25, 0.3) is 5.69 Å². The average Bonchev–Trinajstić information content (AvgIpc) is 2.76. The Morgan fingerprint density at radius 1 is 1.56 bits per heavy atom. The lowest BCUT2D eigenvalue weighted by Gasteiger charge is -2.07. The van der Waals surface area contributed by atoms with Crippen molar-refractivity contribution < 1.29 is 9.66 Å². The van der Waals surface area contributed by atoms with E-state index in [0.717, 1.165) is 4.47 Å². The molecule has 0 unspecified atom stereocenters. The first kappa shape index (κ1) is 12.6. The summed E-state index contributed by atoms with van der Waals surface area (Å²) < 4.78 is 7.71. The number of nitro benzene ring substituents is 1. The van der Waals surface area contributed by atoms with Gasteiger partial charge in [-0.3, -0.25) is 10.1 Å². The molecule has 94 valence electrons. The van der Waals surface area contributed by atoms with E-state index in [-0.39, 0.29) is 11.4 Å². The van der Waals surface area contributed by atoms with Crippen molar-refractivity contribution in [2.24, 2.45) is 0 Å².